The average Bonchev–Trinajstić information content (AvgIpc) is 3.26. The van der Waals surface area contributed by atoms with Gasteiger partial charge in [-0.05, 0) is 50.5 Å². The molecule has 11 heteroatoms. The maximum atomic E-state index is 13.5. The van der Waals surface area contributed by atoms with E-state index in [2.05, 4.69) is 4.98 Å². The second-order valence-corrected chi connectivity index (χ2v) is 11.1. The zero-order valence-electron chi connectivity index (χ0n) is 19.9. The Balaban J connectivity index is 1.99. The number of fused-ring (bicyclic) bond motifs is 1. The number of likely N-dealkylation sites (N-methyl/N-ethyl adjacent to an activating group) is 1. The average molecular weight is 525 g/mol. The molecule has 0 aliphatic rings. The van der Waals surface area contributed by atoms with E-state index in [-0.39, 0.29) is 10.8 Å². The molecule has 0 spiro atoms. The van der Waals surface area contributed by atoms with Gasteiger partial charge in [0.2, 0.25) is 10.0 Å². The number of carbonyl (C=O) groups is 1. The fraction of sp³-hybridized carbons (Fsp3) is 0.391. The molecule has 184 valence electrons. The van der Waals surface area contributed by atoms with E-state index in [1.165, 1.54) is 27.8 Å². The molecule has 1 aromatic heterocycles. The van der Waals surface area contributed by atoms with E-state index >= 15 is 0 Å². The van der Waals surface area contributed by atoms with Gasteiger partial charge in [-0.1, -0.05) is 36.8 Å². The summed E-state index contributed by atoms with van der Waals surface area (Å²) < 4.78 is 33.1. The van der Waals surface area contributed by atoms with E-state index in [4.69, 9.17) is 16.3 Å². The summed E-state index contributed by atoms with van der Waals surface area (Å²) in [7, 11) is 1.80. The van der Waals surface area contributed by atoms with Crippen molar-refractivity contribution in [1.82, 2.24) is 14.2 Å². The van der Waals surface area contributed by atoms with E-state index in [1.807, 2.05) is 19.0 Å². The first-order valence-electron chi connectivity index (χ1n) is 10.8. The zero-order chi connectivity index (χ0) is 25.0. The third kappa shape index (κ3) is 5.36. The lowest BCUT2D eigenvalue weighted by molar-refractivity contribution is 0.0985. The number of sulfonamides is 1. The maximum Gasteiger partial charge on any atom is 0.260 e. The Morgan fingerprint density at radius 1 is 1.06 bits per heavy atom. The van der Waals surface area contributed by atoms with Crippen molar-refractivity contribution in [3.63, 3.8) is 0 Å². The van der Waals surface area contributed by atoms with E-state index in [0.29, 0.717) is 53.2 Å². The zero-order valence-corrected chi connectivity index (χ0v) is 22.3. The van der Waals surface area contributed by atoms with Crippen molar-refractivity contribution in [3.05, 3.63) is 47.0 Å². The lowest BCUT2D eigenvalue weighted by Gasteiger charge is -2.22. The highest BCUT2D eigenvalue weighted by Crippen LogP contribution is 2.39. The minimum atomic E-state index is -3.60. The predicted octanol–water partition coefficient (Wildman–Crippen LogP) is 4.20. The van der Waals surface area contributed by atoms with Crippen LogP contribution in [0.2, 0.25) is 5.02 Å². The normalized spacial score (nSPS) is 12.0. The Kier molecular flexibility index (Phi) is 8.53. The lowest BCUT2D eigenvalue weighted by Crippen LogP contribution is -2.36. The quantitative estimate of drug-likeness (QED) is 0.395. The number of benzene rings is 2. The fourth-order valence-electron chi connectivity index (χ4n) is 3.44. The molecule has 0 saturated heterocycles. The molecule has 1 heterocycles. The smallest absolute Gasteiger partial charge is 0.260 e. The van der Waals surface area contributed by atoms with Crippen molar-refractivity contribution in [2.75, 3.05) is 52.3 Å². The van der Waals surface area contributed by atoms with Crippen LogP contribution in [0, 0.1) is 0 Å². The van der Waals surface area contributed by atoms with Gasteiger partial charge in [-0.3, -0.25) is 9.69 Å². The molecule has 3 aromatic rings. The molecule has 1 amide bonds. The SMILES string of the molecule is CCN(CC)S(=O)(=O)c1ccc(C(=O)N(CCN(C)C)c2nc3c(OC)ccc(Cl)c3s2)cc1. The maximum absolute atomic E-state index is 13.5. The lowest BCUT2D eigenvalue weighted by atomic mass is 10.2. The number of hydrogen-bond acceptors (Lipinski definition) is 7. The number of aromatic nitrogens is 1. The molecule has 0 radical (unpaired) electrons. The van der Waals surface area contributed by atoms with E-state index in [0.717, 1.165) is 4.70 Å². The molecule has 0 unspecified atom stereocenters. The number of nitrogens with zero attached hydrogens (tertiary/aromatic N) is 4. The minimum absolute atomic E-state index is 0.157. The van der Waals surface area contributed by atoms with Crippen molar-refractivity contribution in [2.24, 2.45) is 0 Å². The molecule has 0 aliphatic heterocycles. The molecule has 0 saturated carbocycles. The minimum Gasteiger partial charge on any atom is -0.494 e. The topological polar surface area (TPSA) is 83.1 Å². The molecular formula is C23H29ClN4O4S2. The van der Waals surface area contributed by atoms with Crippen LogP contribution >= 0.6 is 22.9 Å². The van der Waals surface area contributed by atoms with Crippen LogP contribution in [0.25, 0.3) is 10.2 Å². The fourth-order valence-corrected chi connectivity index (χ4v) is 6.18. The van der Waals surface area contributed by atoms with Crippen LogP contribution in [0.5, 0.6) is 5.75 Å². The molecule has 0 bridgehead atoms. The summed E-state index contributed by atoms with van der Waals surface area (Å²) in [5.41, 5.74) is 0.966. The van der Waals surface area contributed by atoms with Gasteiger partial charge in [0.1, 0.15) is 11.3 Å². The van der Waals surface area contributed by atoms with Crippen LogP contribution in [0.1, 0.15) is 24.2 Å². The molecule has 34 heavy (non-hydrogen) atoms. The van der Waals surface area contributed by atoms with Crippen LogP contribution < -0.4 is 9.64 Å². The first kappa shape index (κ1) is 26.4. The Morgan fingerprint density at radius 3 is 2.26 bits per heavy atom. The van der Waals surface area contributed by atoms with Crippen LogP contribution in [-0.2, 0) is 10.0 Å². The van der Waals surface area contributed by atoms with Gasteiger partial charge in [-0.15, -0.1) is 0 Å². The van der Waals surface area contributed by atoms with Crippen molar-refractivity contribution >= 4 is 54.2 Å². The summed E-state index contributed by atoms with van der Waals surface area (Å²) >= 11 is 7.69. The summed E-state index contributed by atoms with van der Waals surface area (Å²) in [6, 6.07) is 9.53. The van der Waals surface area contributed by atoms with Crippen molar-refractivity contribution in [3.8, 4) is 5.75 Å². The second kappa shape index (κ2) is 11.0. The first-order chi connectivity index (χ1) is 16.1. The Labute approximate surface area is 209 Å². The summed E-state index contributed by atoms with van der Waals surface area (Å²) in [5.74, 6) is 0.302. The summed E-state index contributed by atoms with van der Waals surface area (Å²) in [6.45, 7) is 5.34. The number of hydrogen-bond donors (Lipinski definition) is 0. The Bertz CT molecular complexity index is 1260. The standard InChI is InChI=1S/C23H29ClN4O4S2/c1-6-27(7-2)34(30,31)17-10-8-16(9-11-17)22(29)28(15-14-26(3)4)23-25-20-19(32-5)13-12-18(24)21(20)33-23/h8-13H,6-7,14-15H2,1-5H3. The van der Waals surface area contributed by atoms with E-state index in [9.17, 15) is 13.2 Å². The highest BCUT2D eigenvalue weighted by molar-refractivity contribution is 7.89. The van der Waals surface area contributed by atoms with Gasteiger partial charge in [0.05, 0.1) is 21.7 Å². The number of thiazole rings is 1. The molecule has 2 aromatic carbocycles. The van der Waals surface area contributed by atoms with Gasteiger partial charge in [0.15, 0.2) is 5.13 Å². The molecule has 0 fully saturated rings. The van der Waals surface area contributed by atoms with Gasteiger partial charge in [-0.2, -0.15) is 4.31 Å². The van der Waals surface area contributed by atoms with Crippen LogP contribution in [-0.4, -0.2) is 75.9 Å². The van der Waals surface area contributed by atoms with Gasteiger partial charge in [-0.25, -0.2) is 13.4 Å². The number of methoxy groups -OCH3 is 1. The number of anilines is 1. The van der Waals surface area contributed by atoms with E-state index in [1.54, 1.807) is 50.1 Å². The van der Waals surface area contributed by atoms with Crippen molar-refractivity contribution in [2.45, 2.75) is 18.7 Å². The second-order valence-electron chi connectivity index (χ2n) is 7.80. The van der Waals surface area contributed by atoms with E-state index < -0.39 is 10.0 Å². The molecule has 8 nitrogen and oxygen atoms in total. The summed E-state index contributed by atoms with van der Waals surface area (Å²) in [4.78, 5) is 21.9. The molecule has 0 N–H and O–H groups in total. The van der Waals surface area contributed by atoms with Crippen LogP contribution in [0.15, 0.2) is 41.3 Å². The Hall–Kier alpha value is -2.24. The van der Waals surface area contributed by atoms with Gasteiger partial charge in [0, 0.05) is 31.7 Å². The van der Waals surface area contributed by atoms with Crippen molar-refractivity contribution in [1.29, 1.82) is 0 Å². The molecule has 0 aliphatic carbocycles. The Morgan fingerprint density at radius 2 is 1.71 bits per heavy atom. The van der Waals surface area contributed by atoms with Gasteiger partial charge in [0.25, 0.3) is 5.91 Å². The monoisotopic (exact) mass is 524 g/mol. The number of carbonyl (C=O) groups excluding carboxylic acids is 1. The number of amides is 1. The number of halogens is 1. The summed E-state index contributed by atoms with van der Waals surface area (Å²) in [5, 5.41) is 1.03. The predicted molar refractivity (Wildman–Crippen MR) is 138 cm³/mol. The molecule has 3 rings (SSSR count). The van der Waals surface area contributed by atoms with Crippen LogP contribution in [0.4, 0.5) is 5.13 Å². The third-order valence-corrected chi connectivity index (χ3v) is 8.96. The first-order valence-corrected chi connectivity index (χ1v) is 13.5. The third-order valence-electron chi connectivity index (χ3n) is 5.36. The summed E-state index contributed by atoms with van der Waals surface area (Å²) in [6.07, 6.45) is 0. The highest BCUT2D eigenvalue weighted by atomic mass is 35.5. The number of ether oxygens (including phenoxy) is 1. The van der Waals surface area contributed by atoms with Crippen molar-refractivity contribution < 1.29 is 17.9 Å². The largest absolute Gasteiger partial charge is 0.494 e. The molecular weight excluding hydrogens is 496 g/mol. The van der Waals surface area contributed by atoms with Gasteiger partial charge < -0.3 is 9.64 Å². The highest BCUT2D eigenvalue weighted by Gasteiger charge is 2.25. The molecule has 0 atom stereocenters. The number of rotatable bonds is 10. The van der Waals surface area contributed by atoms with Gasteiger partial charge >= 0.3 is 0 Å². The van der Waals surface area contributed by atoms with Crippen LogP contribution in [0.3, 0.4) is 0 Å².